The van der Waals surface area contributed by atoms with Gasteiger partial charge in [-0.3, -0.25) is 14.0 Å². The van der Waals surface area contributed by atoms with Crippen LogP contribution in [0.2, 0.25) is 0 Å². The largest absolute Gasteiger partial charge is 0.349 e. The lowest BCUT2D eigenvalue weighted by molar-refractivity contribution is 0.0941. The minimum absolute atomic E-state index is 0.221. The molecule has 0 fully saturated rings. The number of benzene rings is 1. The van der Waals surface area contributed by atoms with Crippen LogP contribution in [-0.2, 0) is 6.54 Å². The third-order valence-electron chi connectivity index (χ3n) is 4.27. The highest BCUT2D eigenvalue weighted by molar-refractivity contribution is 6.02. The predicted molar refractivity (Wildman–Crippen MR) is 105 cm³/mol. The molecule has 27 heavy (non-hydrogen) atoms. The van der Waals surface area contributed by atoms with Gasteiger partial charge >= 0.3 is 0 Å². The Balaban J connectivity index is 1.79. The highest BCUT2D eigenvalue weighted by Crippen LogP contribution is 2.14. The van der Waals surface area contributed by atoms with Gasteiger partial charge in [0.25, 0.3) is 11.8 Å². The summed E-state index contributed by atoms with van der Waals surface area (Å²) in [6, 6.07) is 15.1. The van der Waals surface area contributed by atoms with Crippen LogP contribution >= 0.6 is 0 Å². The summed E-state index contributed by atoms with van der Waals surface area (Å²) in [5.41, 5.74) is 1.86. The summed E-state index contributed by atoms with van der Waals surface area (Å²) in [5.74, 6) is 0.142. The molecule has 0 atom stereocenters. The van der Waals surface area contributed by atoms with E-state index < -0.39 is 0 Å². The van der Waals surface area contributed by atoms with E-state index in [4.69, 9.17) is 0 Å². The van der Waals surface area contributed by atoms with Gasteiger partial charge in [0.2, 0.25) is 5.82 Å². The van der Waals surface area contributed by atoms with Gasteiger partial charge in [-0.25, -0.2) is 4.98 Å². The number of nitrogens with one attached hydrogen (secondary N) is 2. The first-order chi connectivity index (χ1) is 13.1. The zero-order valence-corrected chi connectivity index (χ0v) is 15.6. The molecule has 6 heteroatoms. The number of amides is 2. The van der Waals surface area contributed by atoms with Crippen LogP contribution < -0.4 is 10.6 Å². The summed E-state index contributed by atoms with van der Waals surface area (Å²) in [6.45, 7) is 5.19. The SMILES string of the molecule is CC(C)CCNC(=O)c1nc(C(=O)NCc2ccccc2)c2ccccn12. The van der Waals surface area contributed by atoms with E-state index in [0.29, 0.717) is 24.5 Å². The highest BCUT2D eigenvalue weighted by Gasteiger charge is 2.21. The molecular weight excluding hydrogens is 340 g/mol. The molecule has 3 rings (SSSR count). The zero-order valence-electron chi connectivity index (χ0n) is 15.6. The van der Waals surface area contributed by atoms with Crippen molar-refractivity contribution in [3.05, 3.63) is 71.8 Å². The van der Waals surface area contributed by atoms with Gasteiger partial charge in [-0.2, -0.15) is 0 Å². The molecule has 0 radical (unpaired) electrons. The van der Waals surface area contributed by atoms with Gasteiger partial charge in [0.15, 0.2) is 5.69 Å². The van der Waals surface area contributed by atoms with Crippen molar-refractivity contribution >= 4 is 17.3 Å². The summed E-state index contributed by atoms with van der Waals surface area (Å²) < 4.78 is 1.65. The third-order valence-corrected chi connectivity index (χ3v) is 4.27. The standard InChI is InChI=1S/C21H24N4O2/c1-15(2)11-12-22-21(27)19-24-18(17-10-6-7-13-25(17)19)20(26)23-14-16-8-4-3-5-9-16/h3-10,13,15H,11-12,14H2,1-2H3,(H,22,27)(H,23,26). The average molecular weight is 364 g/mol. The molecule has 0 aliphatic carbocycles. The van der Waals surface area contributed by atoms with E-state index in [0.717, 1.165) is 12.0 Å². The number of carbonyl (C=O) groups is 2. The molecule has 0 aliphatic heterocycles. The summed E-state index contributed by atoms with van der Waals surface area (Å²) >= 11 is 0. The molecule has 140 valence electrons. The fourth-order valence-corrected chi connectivity index (χ4v) is 2.78. The first kappa shape index (κ1) is 18.6. The van der Waals surface area contributed by atoms with Gasteiger partial charge < -0.3 is 10.6 Å². The van der Waals surface area contributed by atoms with Crippen LogP contribution in [0.15, 0.2) is 54.7 Å². The van der Waals surface area contributed by atoms with E-state index in [2.05, 4.69) is 29.5 Å². The van der Waals surface area contributed by atoms with E-state index in [1.165, 1.54) is 0 Å². The Morgan fingerprint density at radius 2 is 1.74 bits per heavy atom. The summed E-state index contributed by atoms with van der Waals surface area (Å²) in [4.78, 5) is 29.5. The first-order valence-electron chi connectivity index (χ1n) is 9.13. The van der Waals surface area contributed by atoms with Crippen LogP contribution in [0.25, 0.3) is 5.52 Å². The van der Waals surface area contributed by atoms with Crippen LogP contribution in [0, 0.1) is 5.92 Å². The normalized spacial score (nSPS) is 10.9. The summed E-state index contributed by atoms with van der Waals surface area (Å²) in [5, 5.41) is 5.75. The number of imidazole rings is 1. The third kappa shape index (κ3) is 4.53. The van der Waals surface area contributed by atoms with Crippen molar-refractivity contribution in [1.82, 2.24) is 20.0 Å². The van der Waals surface area contributed by atoms with Crippen molar-refractivity contribution in [3.8, 4) is 0 Å². The Kier molecular flexibility index (Phi) is 5.86. The van der Waals surface area contributed by atoms with Crippen LogP contribution in [0.4, 0.5) is 0 Å². The molecule has 0 bridgehead atoms. The van der Waals surface area contributed by atoms with Crippen LogP contribution in [0.1, 0.15) is 46.9 Å². The Morgan fingerprint density at radius 3 is 2.48 bits per heavy atom. The van der Waals surface area contributed by atoms with Crippen LogP contribution in [-0.4, -0.2) is 27.7 Å². The van der Waals surface area contributed by atoms with E-state index >= 15 is 0 Å². The first-order valence-corrected chi connectivity index (χ1v) is 9.13. The fourth-order valence-electron chi connectivity index (χ4n) is 2.78. The second kappa shape index (κ2) is 8.49. The number of carbonyl (C=O) groups excluding carboxylic acids is 2. The summed E-state index contributed by atoms with van der Waals surface area (Å²) in [6.07, 6.45) is 2.63. The molecule has 0 aliphatic rings. The fraction of sp³-hybridized carbons (Fsp3) is 0.286. The van der Waals surface area contributed by atoms with Gasteiger partial charge in [-0.05, 0) is 30.0 Å². The topological polar surface area (TPSA) is 75.5 Å². The summed E-state index contributed by atoms with van der Waals surface area (Å²) in [7, 11) is 0. The van der Waals surface area contributed by atoms with Gasteiger partial charge in [-0.15, -0.1) is 0 Å². The predicted octanol–water partition coefficient (Wildman–Crippen LogP) is 3.04. The Hall–Kier alpha value is -3.15. The molecule has 0 spiro atoms. The van der Waals surface area contributed by atoms with Crippen LogP contribution in [0.3, 0.4) is 0 Å². The molecule has 1 aromatic carbocycles. The lowest BCUT2D eigenvalue weighted by Crippen LogP contribution is -2.27. The van der Waals surface area contributed by atoms with Crippen molar-refractivity contribution in [3.63, 3.8) is 0 Å². The number of hydrogen-bond acceptors (Lipinski definition) is 3. The highest BCUT2D eigenvalue weighted by atomic mass is 16.2. The van der Waals surface area contributed by atoms with Gasteiger partial charge in [0, 0.05) is 19.3 Å². The van der Waals surface area contributed by atoms with Crippen LogP contribution in [0.5, 0.6) is 0 Å². The van der Waals surface area contributed by atoms with Gasteiger partial charge in [0.1, 0.15) is 0 Å². The second-order valence-electron chi connectivity index (χ2n) is 6.85. The number of aromatic nitrogens is 2. The molecule has 2 amide bonds. The maximum absolute atomic E-state index is 12.7. The van der Waals surface area contributed by atoms with Gasteiger partial charge in [-0.1, -0.05) is 50.2 Å². The molecule has 6 nitrogen and oxygen atoms in total. The number of pyridine rings is 1. The maximum atomic E-state index is 12.7. The quantitative estimate of drug-likeness (QED) is 0.677. The van der Waals surface area contributed by atoms with E-state index in [1.807, 2.05) is 42.5 Å². The molecule has 0 saturated carbocycles. The molecule has 0 saturated heterocycles. The van der Waals surface area contributed by atoms with Crippen molar-refractivity contribution in [1.29, 1.82) is 0 Å². The average Bonchev–Trinajstić information content (AvgIpc) is 3.06. The van der Waals surface area contributed by atoms with Crippen molar-refractivity contribution < 1.29 is 9.59 Å². The molecule has 2 N–H and O–H groups in total. The maximum Gasteiger partial charge on any atom is 0.287 e. The minimum Gasteiger partial charge on any atom is -0.349 e. The van der Waals surface area contributed by atoms with Crippen molar-refractivity contribution in [2.45, 2.75) is 26.8 Å². The second-order valence-corrected chi connectivity index (χ2v) is 6.85. The van der Waals surface area contributed by atoms with E-state index in [-0.39, 0.29) is 23.3 Å². The van der Waals surface area contributed by atoms with Crippen molar-refractivity contribution in [2.75, 3.05) is 6.54 Å². The number of hydrogen-bond donors (Lipinski definition) is 2. The lowest BCUT2D eigenvalue weighted by atomic mass is 10.1. The smallest absolute Gasteiger partial charge is 0.287 e. The molecular formula is C21H24N4O2. The van der Waals surface area contributed by atoms with Gasteiger partial charge in [0.05, 0.1) is 5.52 Å². The Bertz CT molecular complexity index is 932. The number of nitrogens with zero attached hydrogens (tertiary/aromatic N) is 2. The monoisotopic (exact) mass is 364 g/mol. The minimum atomic E-state index is -0.302. The molecule has 0 unspecified atom stereocenters. The molecule has 2 aromatic heterocycles. The Labute approximate surface area is 158 Å². The molecule has 2 heterocycles. The van der Waals surface area contributed by atoms with Crippen molar-refractivity contribution in [2.24, 2.45) is 5.92 Å². The Morgan fingerprint density at radius 1 is 1.00 bits per heavy atom. The van der Waals surface area contributed by atoms with E-state index in [9.17, 15) is 9.59 Å². The number of fused-ring (bicyclic) bond motifs is 1. The van der Waals surface area contributed by atoms with E-state index in [1.54, 1.807) is 16.7 Å². The lowest BCUT2D eigenvalue weighted by Gasteiger charge is -2.06. The molecule has 3 aromatic rings. The number of rotatable bonds is 7. The zero-order chi connectivity index (χ0) is 19.2.